The van der Waals surface area contributed by atoms with Crippen LogP contribution in [0.5, 0.6) is 0 Å². The first-order chi connectivity index (χ1) is 15.2. The second-order valence-corrected chi connectivity index (χ2v) is 11.6. The number of amides is 3. The molecule has 2 aromatic heterocycles. The molecule has 2 rings (SSSR count). The summed E-state index contributed by atoms with van der Waals surface area (Å²) in [4.78, 5) is 45.5. The molecule has 0 saturated carbocycles. The molecule has 33 heavy (non-hydrogen) atoms. The molecular weight excluding hydrogens is 494 g/mol. The number of carbonyl (C=O) groups is 3. The largest absolute Gasteiger partial charge is 0.413 e. The minimum atomic E-state index is -1.52. The first-order valence-corrected chi connectivity index (χ1v) is 11.9. The molecule has 0 fully saturated rings. The molecule has 180 valence electrons. The minimum absolute atomic E-state index is 0.103. The number of hydrogen-bond acceptors (Lipinski definition) is 6. The van der Waals surface area contributed by atoms with E-state index in [1.807, 2.05) is 34.6 Å². The number of aromatic nitrogens is 2. The van der Waals surface area contributed by atoms with Gasteiger partial charge in [-0.15, -0.1) is 0 Å². The van der Waals surface area contributed by atoms with Crippen LogP contribution in [0.25, 0.3) is 0 Å². The van der Waals surface area contributed by atoms with Crippen molar-refractivity contribution < 1.29 is 23.0 Å². The molecule has 1 unspecified atom stereocenters. The Hall–Kier alpha value is -2.43. The first kappa shape index (κ1) is 26.8. The second-order valence-electron chi connectivity index (χ2n) is 8.30. The molecule has 0 saturated heterocycles. The zero-order valence-corrected chi connectivity index (χ0v) is 21.3. The molecule has 2 heterocycles. The van der Waals surface area contributed by atoms with E-state index in [1.165, 1.54) is 6.92 Å². The number of nitrogens with one attached hydrogen (secondary N) is 2. The molecule has 2 N–H and O–H groups in total. The summed E-state index contributed by atoms with van der Waals surface area (Å²) in [5.41, 5.74) is 0.504. The van der Waals surface area contributed by atoms with Crippen molar-refractivity contribution in [2.45, 2.75) is 57.1 Å². The molecule has 0 aliphatic carbocycles. The summed E-state index contributed by atoms with van der Waals surface area (Å²) in [6, 6.07) is 1.54. The van der Waals surface area contributed by atoms with Gasteiger partial charge >= 0.3 is 12.0 Å². The van der Waals surface area contributed by atoms with E-state index >= 15 is 0 Å². The highest BCUT2D eigenvalue weighted by Gasteiger charge is 2.30. The lowest BCUT2D eigenvalue weighted by Gasteiger charge is -2.35. The number of pyridine rings is 2. The van der Waals surface area contributed by atoms with Gasteiger partial charge in [-0.25, -0.2) is 14.2 Å². The predicted octanol–water partition coefficient (Wildman–Crippen LogP) is 5.64. The number of hydrogen-bond donors (Lipinski definition) is 3. The molecule has 0 radical (unpaired) electrons. The van der Waals surface area contributed by atoms with E-state index in [9.17, 15) is 18.8 Å². The smallest absolute Gasteiger partial charge is 0.326 e. The Morgan fingerprint density at radius 2 is 1.82 bits per heavy atom. The van der Waals surface area contributed by atoms with E-state index in [1.54, 1.807) is 12.3 Å². The van der Waals surface area contributed by atoms with Crippen molar-refractivity contribution in [1.82, 2.24) is 15.3 Å². The highest BCUT2D eigenvalue weighted by atomic mass is 35.5. The van der Waals surface area contributed by atoms with Gasteiger partial charge in [-0.05, 0) is 38.8 Å². The summed E-state index contributed by atoms with van der Waals surface area (Å²) in [5.74, 6) is -2.50. The summed E-state index contributed by atoms with van der Waals surface area (Å²) >= 11 is 9.89. The summed E-state index contributed by atoms with van der Waals surface area (Å²) in [7, 11) is 0. The van der Waals surface area contributed by atoms with Crippen molar-refractivity contribution in [3.63, 3.8) is 0 Å². The zero-order chi connectivity index (χ0) is 25.1. The normalized spacial score (nSPS) is 12.8. The number of rotatable bonds is 5. The highest BCUT2D eigenvalue weighted by Crippen LogP contribution is 2.52. The molecule has 1 atom stereocenters. The number of imide groups is 1. The Kier molecular flexibility index (Phi) is 8.67. The standard InChI is InChI=1S/C21H25Cl2FN4O4S/c1-10(2)15-16(14(7-8-25-15)33(21(4,5)6)32-11(3)29)26-20(31)28-19(30)12-9-13(24)18(23)27-17(12)22/h7-10,33H,1-6H3,(H2,26,28,30,31). The SMILES string of the molecule is CC(=O)O[SH](c1ccnc(C(C)C)c1NC(=O)NC(=O)c1cc(F)c(Cl)nc1Cl)C(C)(C)C. The van der Waals surface area contributed by atoms with E-state index in [0.29, 0.717) is 16.3 Å². The Labute approximate surface area is 204 Å². The monoisotopic (exact) mass is 518 g/mol. The fourth-order valence-electron chi connectivity index (χ4n) is 2.80. The molecule has 3 amide bonds. The summed E-state index contributed by atoms with van der Waals surface area (Å²) in [6.07, 6.45) is 1.57. The molecule has 0 bridgehead atoms. The van der Waals surface area contributed by atoms with E-state index < -0.39 is 44.8 Å². The van der Waals surface area contributed by atoms with Gasteiger partial charge in [-0.1, -0.05) is 48.2 Å². The van der Waals surface area contributed by atoms with Crippen LogP contribution in [0.2, 0.25) is 10.3 Å². The molecule has 12 heteroatoms. The average Bonchev–Trinajstić information content (AvgIpc) is 2.67. The quantitative estimate of drug-likeness (QED) is 0.348. The maximum Gasteiger partial charge on any atom is 0.326 e. The van der Waals surface area contributed by atoms with Crippen molar-refractivity contribution in [1.29, 1.82) is 0 Å². The van der Waals surface area contributed by atoms with E-state index in [4.69, 9.17) is 27.4 Å². The lowest BCUT2D eigenvalue weighted by Crippen LogP contribution is -2.35. The number of carbonyl (C=O) groups excluding carboxylic acids is 3. The third-order valence-corrected chi connectivity index (χ3v) is 7.17. The number of nitrogens with zero attached hydrogens (tertiary/aromatic N) is 2. The molecule has 2 aromatic rings. The van der Waals surface area contributed by atoms with E-state index in [2.05, 4.69) is 20.6 Å². The van der Waals surface area contributed by atoms with Crippen molar-refractivity contribution >= 4 is 58.0 Å². The van der Waals surface area contributed by atoms with Crippen LogP contribution in [-0.4, -0.2) is 32.6 Å². The van der Waals surface area contributed by atoms with Gasteiger partial charge in [-0.3, -0.25) is 19.9 Å². The average molecular weight is 519 g/mol. The molecule has 0 aliphatic rings. The Morgan fingerprint density at radius 3 is 2.36 bits per heavy atom. The minimum Gasteiger partial charge on any atom is -0.413 e. The van der Waals surface area contributed by atoms with Gasteiger partial charge in [0.05, 0.1) is 16.9 Å². The van der Waals surface area contributed by atoms with Crippen LogP contribution in [0.15, 0.2) is 23.2 Å². The topological polar surface area (TPSA) is 110 Å². The Morgan fingerprint density at radius 1 is 1.18 bits per heavy atom. The maximum atomic E-state index is 13.7. The second kappa shape index (κ2) is 10.7. The van der Waals surface area contributed by atoms with Gasteiger partial charge in [0.1, 0.15) is 5.15 Å². The fraction of sp³-hybridized carbons (Fsp3) is 0.381. The lowest BCUT2D eigenvalue weighted by molar-refractivity contribution is -0.130. The van der Waals surface area contributed by atoms with Crippen LogP contribution in [0.1, 0.15) is 63.5 Å². The number of urea groups is 1. The molecule has 0 aliphatic heterocycles. The van der Waals surface area contributed by atoms with Crippen LogP contribution >= 0.6 is 34.4 Å². The van der Waals surface area contributed by atoms with Crippen molar-refractivity contribution in [3.05, 3.63) is 45.7 Å². The number of halogens is 3. The first-order valence-electron chi connectivity index (χ1n) is 9.83. The molecule has 0 aromatic carbocycles. The molecule has 8 nitrogen and oxygen atoms in total. The van der Waals surface area contributed by atoms with Crippen LogP contribution in [-0.2, 0) is 8.98 Å². The summed E-state index contributed by atoms with van der Waals surface area (Å²) < 4.78 is 18.9. The summed E-state index contributed by atoms with van der Waals surface area (Å²) in [6.45, 7) is 10.8. The number of thiol groups is 1. The van der Waals surface area contributed by atoms with Crippen molar-refractivity contribution in [2.75, 3.05) is 5.32 Å². The molecule has 0 spiro atoms. The molecular formula is C21H25Cl2FN4O4S. The van der Waals surface area contributed by atoms with Crippen LogP contribution in [0, 0.1) is 5.82 Å². The van der Waals surface area contributed by atoms with Gasteiger partial charge in [-0.2, -0.15) is 0 Å². The van der Waals surface area contributed by atoms with Gasteiger partial charge in [0, 0.05) is 22.8 Å². The van der Waals surface area contributed by atoms with Gasteiger partial charge < -0.3 is 9.50 Å². The van der Waals surface area contributed by atoms with Crippen molar-refractivity contribution in [2.24, 2.45) is 0 Å². The van der Waals surface area contributed by atoms with Crippen molar-refractivity contribution in [3.8, 4) is 0 Å². The predicted molar refractivity (Wildman–Crippen MR) is 128 cm³/mol. The van der Waals surface area contributed by atoms with Gasteiger partial charge in [0.25, 0.3) is 5.91 Å². The van der Waals surface area contributed by atoms with Crippen LogP contribution < -0.4 is 10.6 Å². The Bertz CT molecular complexity index is 1090. The number of anilines is 1. The van der Waals surface area contributed by atoms with Gasteiger partial charge in [0.2, 0.25) is 0 Å². The van der Waals surface area contributed by atoms with E-state index in [-0.39, 0.29) is 16.6 Å². The zero-order valence-electron chi connectivity index (χ0n) is 18.9. The lowest BCUT2D eigenvalue weighted by atomic mass is 10.1. The Balaban J connectivity index is 2.43. The van der Waals surface area contributed by atoms with Gasteiger partial charge in [0.15, 0.2) is 11.0 Å². The third kappa shape index (κ3) is 6.78. The van der Waals surface area contributed by atoms with E-state index in [0.717, 1.165) is 6.07 Å². The third-order valence-electron chi connectivity index (χ3n) is 4.15. The van der Waals surface area contributed by atoms with Crippen LogP contribution in [0.3, 0.4) is 0 Å². The fourth-order valence-corrected chi connectivity index (χ4v) is 5.13. The summed E-state index contributed by atoms with van der Waals surface area (Å²) in [5, 5.41) is 3.88. The van der Waals surface area contributed by atoms with Crippen LogP contribution in [0.4, 0.5) is 14.9 Å². The maximum absolute atomic E-state index is 13.7. The highest BCUT2D eigenvalue weighted by molar-refractivity contribution is 8.14.